The van der Waals surface area contributed by atoms with Crippen molar-refractivity contribution in [3.63, 3.8) is 0 Å². The summed E-state index contributed by atoms with van der Waals surface area (Å²) in [6.45, 7) is 2.62. The van der Waals surface area contributed by atoms with Crippen molar-refractivity contribution in [3.8, 4) is 0 Å². The molecule has 0 aliphatic heterocycles. The van der Waals surface area contributed by atoms with Gasteiger partial charge in [-0.25, -0.2) is 18.0 Å². The molecule has 0 aromatic heterocycles. The van der Waals surface area contributed by atoms with Crippen molar-refractivity contribution in [1.82, 2.24) is 0 Å². The molecule has 3 atom stereocenters. The van der Waals surface area contributed by atoms with Gasteiger partial charge in [0.2, 0.25) is 0 Å². The van der Waals surface area contributed by atoms with Gasteiger partial charge in [0.05, 0.1) is 12.6 Å². The molecule has 0 aromatic carbocycles. The Morgan fingerprint density at radius 3 is 1.07 bits per heavy atom. The first kappa shape index (κ1) is 56.3. The molecule has 2 fully saturated rings. The van der Waals surface area contributed by atoms with E-state index in [0.29, 0.717) is 12.7 Å². The van der Waals surface area contributed by atoms with Gasteiger partial charge in [-0.15, -0.1) is 0 Å². The zero-order valence-corrected chi connectivity index (χ0v) is 32.9. The molecule has 2 rings (SSSR count). The molecule has 0 N–H and O–H groups in total. The molecule has 2 saturated carbocycles. The van der Waals surface area contributed by atoms with E-state index in [1.54, 1.807) is 0 Å². The molecular formula is C33H39F20NaO4. The zero-order chi connectivity index (χ0) is 44.8. The smallest absolute Gasteiger partial charge is 0.545 e. The Balaban J connectivity index is 0.00000112. The Kier molecular flexibility index (Phi) is 19.4. The number of carbonyl (C=O) groups excluding carboxylic acids is 2. The Morgan fingerprint density at radius 2 is 0.759 bits per heavy atom. The number of carbonyl (C=O) groups is 2. The second kappa shape index (κ2) is 20.0. The van der Waals surface area contributed by atoms with Gasteiger partial charge in [0.1, 0.15) is 0 Å². The number of esters is 1. The molecule has 0 aromatic rings. The number of hydrogen-bond donors (Lipinski definition) is 0. The van der Waals surface area contributed by atoms with Gasteiger partial charge in [-0.05, 0) is 12.5 Å². The normalized spacial score (nSPS) is 28.4. The number of alkyl halides is 20. The van der Waals surface area contributed by atoms with Gasteiger partial charge < -0.3 is 14.6 Å². The molecule has 2 aliphatic rings. The van der Waals surface area contributed by atoms with E-state index in [1.807, 2.05) is 0 Å². The van der Waals surface area contributed by atoms with E-state index in [9.17, 15) is 103 Å². The van der Waals surface area contributed by atoms with Crippen LogP contribution in [-0.2, 0) is 14.3 Å². The maximum atomic E-state index is 14.6. The molecule has 0 radical (unpaired) electrons. The summed E-state index contributed by atoms with van der Waals surface area (Å²) in [7, 11) is 0. The van der Waals surface area contributed by atoms with Gasteiger partial charge in [0, 0.05) is 6.08 Å². The van der Waals surface area contributed by atoms with Crippen LogP contribution in [0.15, 0.2) is 12.2 Å². The minimum absolute atomic E-state index is 0. The molecule has 0 amide bonds. The van der Waals surface area contributed by atoms with Crippen LogP contribution in [0, 0.1) is 0 Å². The zero-order valence-electron chi connectivity index (χ0n) is 30.9. The second-order valence-electron chi connectivity index (χ2n) is 13.6. The Hall–Kier alpha value is -1.72. The molecule has 25 heteroatoms. The van der Waals surface area contributed by atoms with Crippen LogP contribution in [0.25, 0.3) is 0 Å². The average Bonchev–Trinajstić information content (AvgIpc) is 3.09. The number of fused-ring (bicyclic) bond motifs is 1. The Morgan fingerprint density at radius 1 is 0.466 bits per heavy atom. The number of unbranched alkanes of at least 4 members (excludes halogenated alkanes) is 15. The first-order valence-electron chi connectivity index (χ1n) is 17.5. The quantitative estimate of drug-likeness (QED) is 0.0431. The number of rotatable bonds is 19. The first-order valence-corrected chi connectivity index (χ1v) is 17.5. The van der Waals surface area contributed by atoms with Crippen molar-refractivity contribution in [2.24, 2.45) is 0 Å². The third-order valence-electron chi connectivity index (χ3n) is 9.64. The van der Waals surface area contributed by atoms with Crippen molar-refractivity contribution >= 4 is 11.9 Å². The largest absolute Gasteiger partial charge is 1.00 e. The summed E-state index contributed by atoms with van der Waals surface area (Å²) in [5.41, 5.74) is -27.2. The topological polar surface area (TPSA) is 66.4 Å². The number of carboxylic acid groups (broad SMARTS) is 1. The maximum Gasteiger partial charge on any atom is 1.00 e. The first-order chi connectivity index (χ1) is 25.7. The Labute approximate surface area is 341 Å². The van der Waals surface area contributed by atoms with E-state index in [-0.39, 0.29) is 29.6 Å². The van der Waals surface area contributed by atoms with Crippen molar-refractivity contribution < 1.29 is 137 Å². The number of aliphatic carboxylic acids is 1. The van der Waals surface area contributed by atoms with Crippen LogP contribution in [0.1, 0.15) is 110 Å². The fourth-order valence-corrected chi connectivity index (χ4v) is 6.35. The molecule has 4 nitrogen and oxygen atoms in total. The molecule has 336 valence electrons. The summed E-state index contributed by atoms with van der Waals surface area (Å²) < 4.78 is 275. The van der Waals surface area contributed by atoms with Crippen molar-refractivity contribution in [2.75, 3.05) is 6.61 Å². The van der Waals surface area contributed by atoms with Crippen LogP contribution in [0.2, 0.25) is 0 Å². The van der Waals surface area contributed by atoms with E-state index in [2.05, 4.69) is 6.92 Å². The summed E-state index contributed by atoms with van der Waals surface area (Å²) in [4.78, 5) is 21.2. The van der Waals surface area contributed by atoms with Gasteiger partial charge >= 0.3 is 88.8 Å². The number of ether oxygens (including phenoxy) is 1. The number of halogens is 20. The summed E-state index contributed by atoms with van der Waals surface area (Å²) in [6, 6.07) is 0. The summed E-state index contributed by atoms with van der Waals surface area (Å²) in [6.07, 6.45) is 13.9. The van der Waals surface area contributed by atoms with E-state index in [0.717, 1.165) is 18.9 Å². The molecule has 0 heterocycles. The predicted octanol–water partition coefficient (Wildman–Crippen LogP) is 8.25. The third kappa shape index (κ3) is 9.08. The number of carboxylic acids is 1. The minimum atomic E-state index is -9.16. The van der Waals surface area contributed by atoms with E-state index in [1.165, 1.54) is 89.9 Å². The molecule has 0 saturated heterocycles. The monoisotopic (exact) mass is 902 g/mol. The maximum absolute atomic E-state index is 14.6. The molecular weight excluding hydrogens is 863 g/mol. The average molecular weight is 903 g/mol. The standard InChI is InChI=1S/C22H40O4.C11F20.Na/c1-2-3-4-5-6-7-8-9-10-11-12-13-14-15-16-17-20-26-22(25)19-18-21(23)24;12-1-2(13,6(19,20)10(27,28)9(25,26)4(1,15)16)5(17,18)8(23,24)7(21,22)3(1,14)11(29,30)31;/h18-19H,2-17,20H2,1H3,(H,23,24);;/q;;+1/p-1. The molecule has 0 bridgehead atoms. The second-order valence-corrected chi connectivity index (χ2v) is 13.6. The number of hydrogen-bond acceptors (Lipinski definition) is 4. The summed E-state index contributed by atoms with van der Waals surface area (Å²) >= 11 is 0. The van der Waals surface area contributed by atoms with Gasteiger partial charge in [-0.1, -0.05) is 103 Å². The van der Waals surface area contributed by atoms with Crippen LogP contribution in [0.3, 0.4) is 0 Å². The Bertz CT molecular complexity index is 1360. The van der Waals surface area contributed by atoms with Gasteiger partial charge in [-0.3, -0.25) is 0 Å². The van der Waals surface area contributed by atoms with Crippen LogP contribution in [0.5, 0.6) is 0 Å². The van der Waals surface area contributed by atoms with Crippen LogP contribution < -0.4 is 34.7 Å². The minimum Gasteiger partial charge on any atom is -0.545 e. The molecule has 2 aliphatic carbocycles. The van der Waals surface area contributed by atoms with Crippen LogP contribution >= 0.6 is 0 Å². The third-order valence-corrected chi connectivity index (χ3v) is 9.64. The van der Waals surface area contributed by atoms with Crippen molar-refractivity contribution in [2.45, 2.75) is 174 Å². The van der Waals surface area contributed by atoms with Gasteiger partial charge in [0.25, 0.3) is 11.3 Å². The summed E-state index contributed by atoms with van der Waals surface area (Å²) in [5, 5.41) is 10.1. The molecule has 3 unspecified atom stereocenters. The van der Waals surface area contributed by atoms with Gasteiger partial charge in [-0.2, -0.15) is 74.6 Å². The summed E-state index contributed by atoms with van der Waals surface area (Å²) in [5.74, 6) is -62.7. The fourth-order valence-electron chi connectivity index (χ4n) is 6.35. The van der Waals surface area contributed by atoms with Crippen molar-refractivity contribution in [1.29, 1.82) is 0 Å². The predicted molar refractivity (Wildman–Crippen MR) is 157 cm³/mol. The molecule has 58 heavy (non-hydrogen) atoms. The van der Waals surface area contributed by atoms with Crippen LogP contribution in [-0.4, -0.2) is 83.2 Å². The fraction of sp³-hybridized carbons (Fsp3) is 0.879. The van der Waals surface area contributed by atoms with E-state index in [4.69, 9.17) is 4.74 Å². The van der Waals surface area contributed by atoms with E-state index >= 15 is 0 Å². The van der Waals surface area contributed by atoms with Gasteiger partial charge in [0.15, 0.2) is 0 Å². The molecule has 0 spiro atoms. The van der Waals surface area contributed by atoms with Crippen LogP contribution in [0.4, 0.5) is 87.8 Å². The van der Waals surface area contributed by atoms with E-state index < -0.39 is 76.6 Å². The SMILES string of the molecule is CCCCCCCCCCCCCCCCCCOC(=O)C=CC(=O)[O-].FC(F)(F)C1(F)C(F)(F)C(F)(F)C(F)(F)C2(F)C(F)(F)C(F)(F)C(F)(F)C(F)(F)C12F.[Na+]. The van der Waals surface area contributed by atoms with Crippen molar-refractivity contribution in [3.05, 3.63) is 12.2 Å².